The van der Waals surface area contributed by atoms with E-state index in [1.54, 1.807) is 128 Å². The zero-order chi connectivity index (χ0) is 52.6. The second kappa shape index (κ2) is 24.9. The van der Waals surface area contributed by atoms with Gasteiger partial charge in [-0.05, 0) is 136 Å². The Morgan fingerprint density at radius 2 is 0.851 bits per heavy atom. The van der Waals surface area contributed by atoms with Gasteiger partial charge in [0.2, 0.25) is 5.78 Å². The number of ether oxygens (including phenoxy) is 3. The highest BCUT2D eigenvalue weighted by Gasteiger charge is 2.33. The van der Waals surface area contributed by atoms with E-state index in [0.29, 0.717) is 89.8 Å². The number of aromatic nitrogens is 9. The first kappa shape index (κ1) is 53.6. The molecule has 0 aliphatic rings. The largest absolute Gasteiger partial charge is 0.456 e. The summed E-state index contributed by atoms with van der Waals surface area (Å²) >= 11 is 17.6. The predicted molar refractivity (Wildman–Crippen MR) is 280 cm³/mol. The van der Waals surface area contributed by atoms with Crippen LogP contribution >= 0.6 is 34.8 Å². The van der Waals surface area contributed by atoms with Crippen molar-refractivity contribution in [2.24, 2.45) is 5.41 Å². The van der Waals surface area contributed by atoms with Gasteiger partial charge in [-0.25, -0.2) is 34.9 Å². The molecule has 18 heteroatoms. The smallest absolute Gasteiger partial charge is 0.214 e. The Kier molecular flexibility index (Phi) is 18.1. The van der Waals surface area contributed by atoms with Crippen LogP contribution in [0.3, 0.4) is 0 Å². The van der Waals surface area contributed by atoms with Crippen molar-refractivity contribution in [3.63, 3.8) is 0 Å². The lowest BCUT2D eigenvalue weighted by molar-refractivity contribution is 0.0710. The average molecular weight is 1050 g/mol. The maximum Gasteiger partial charge on any atom is 0.214 e. The SMILES string of the molecule is CC(C)(C)C#CC(O)(c1cncnc1)c1ccc(Oc2ccc(Cl)cc2)cn1.CCC(O)(c1cncnc1)c1ccc(Oc2ccc(Cl)cc2)cn1.O=C(c1cncnc1)c1ccc(Oc2ccc(Cl)cc2)cn1. The third kappa shape index (κ3) is 14.9. The summed E-state index contributed by atoms with van der Waals surface area (Å²) in [4.78, 5) is 48.6. The number of hydrogen-bond donors (Lipinski definition) is 2. The Morgan fingerprint density at radius 1 is 0.473 bits per heavy atom. The van der Waals surface area contributed by atoms with Crippen LogP contribution in [0.1, 0.15) is 72.7 Å². The fraction of sp³-hybridized carbons (Fsp3) is 0.143. The van der Waals surface area contributed by atoms with Gasteiger partial charge in [-0.1, -0.05) is 53.6 Å². The van der Waals surface area contributed by atoms with Gasteiger partial charge >= 0.3 is 0 Å². The minimum Gasteiger partial charge on any atom is -0.456 e. The summed E-state index contributed by atoms with van der Waals surface area (Å²) in [7, 11) is 0. The Balaban J connectivity index is 0.000000163. The molecule has 0 aliphatic carbocycles. The molecular formula is C56H46Cl3N9O6. The minimum atomic E-state index is -1.63. The van der Waals surface area contributed by atoms with Crippen LogP contribution in [0.4, 0.5) is 0 Å². The maximum atomic E-state index is 12.2. The second-order valence-corrected chi connectivity index (χ2v) is 18.2. The van der Waals surface area contributed by atoms with E-state index in [1.165, 1.54) is 56.2 Å². The van der Waals surface area contributed by atoms with Gasteiger partial charge in [0, 0.05) is 68.8 Å². The van der Waals surface area contributed by atoms with Crippen LogP contribution in [0.5, 0.6) is 34.5 Å². The molecule has 9 rings (SSSR count). The number of carbonyl (C=O) groups excluding carboxylic acids is 1. The molecule has 2 atom stereocenters. The second-order valence-electron chi connectivity index (χ2n) is 16.9. The van der Waals surface area contributed by atoms with E-state index in [1.807, 2.05) is 27.7 Å². The lowest BCUT2D eigenvalue weighted by Gasteiger charge is -2.26. The minimum absolute atomic E-state index is 0.237. The topological polar surface area (TPSA) is 201 Å². The van der Waals surface area contributed by atoms with Crippen molar-refractivity contribution < 1.29 is 29.2 Å². The van der Waals surface area contributed by atoms with Gasteiger partial charge in [0.25, 0.3) is 0 Å². The van der Waals surface area contributed by atoms with Crippen LogP contribution in [0.25, 0.3) is 0 Å². The number of ketones is 1. The van der Waals surface area contributed by atoms with E-state index in [2.05, 4.69) is 56.7 Å². The Morgan fingerprint density at radius 3 is 1.23 bits per heavy atom. The first-order valence-electron chi connectivity index (χ1n) is 22.6. The summed E-state index contributed by atoms with van der Waals surface area (Å²) in [5.74, 6) is 9.37. The van der Waals surface area contributed by atoms with E-state index >= 15 is 0 Å². The van der Waals surface area contributed by atoms with E-state index in [4.69, 9.17) is 49.0 Å². The molecule has 15 nitrogen and oxygen atoms in total. The van der Waals surface area contributed by atoms with Crippen molar-refractivity contribution in [1.29, 1.82) is 0 Å². The van der Waals surface area contributed by atoms with Crippen molar-refractivity contribution in [1.82, 2.24) is 44.9 Å². The first-order valence-corrected chi connectivity index (χ1v) is 23.7. The molecule has 9 aromatic rings. The average Bonchev–Trinajstić information content (AvgIpc) is 3.43. The van der Waals surface area contributed by atoms with Gasteiger partial charge in [0.05, 0.1) is 35.5 Å². The quantitative estimate of drug-likeness (QED) is 0.0815. The number of nitrogens with zero attached hydrogens (tertiary/aromatic N) is 9. The molecule has 0 saturated carbocycles. The van der Waals surface area contributed by atoms with Crippen LogP contribution in [0.15, 0.2) is 184 Å². The fourth-order valence-corrected chi connectivity index (χ4v) is 6.87. The number of halogens is 3. The van der Waals surface area contributed by atoms with E-state index in [0.717, 1.165) is 0 Å². The molecule has 74 heavy (non-hydrogen) atoms. The zero-order valence-corrected chi connectivity index (χ0v) is 42.5. The van der Waals surface area contributed by atoms with Gasteiger partial charge < -0.3 is 24.4 Å². The summed E-state index contributed by atoms with van der Waals surface area (Å²) in [5, 5.41) is 24.2. The lowest BCUT2D eigenvalue weighted by atomic mass is 9.89. The van der Waals surface area contributed by atoms with Crippen molar-refractivity contribution in [3.8, 4) is 46.3 Å². The molecule has 0 amide bonds. The molecule has 0 saturated heterocycles. The molecule has 0 spiro atoms. The normalized spacial score (nSPS) is 12.3. The molecule has 6 aromatic heterocycles. The monoisotopic (exact) mass is 1050 g/mol. The van der Waals surface area contributed by atoms with Crippen molar-refractivity contribution in [2.75, 3.05) is 0 Å². The Bertz CT molecular complexity index is 3260. The van der Waals surface area contributed by atoms with Crippen LogP contribution in [-0.4, -0.2) is 60.9 Å². The first-order chi connectivity index (χ1) is 35.6. The molecule has 372 valence electrons. The van der Waals surface area contributed by atoms with Crippen molar-refractivity contribution in [3.05, 3.63) is 233 Å². The van der Waals surface area contributed by atoms with Crippen LogP contribution in [-0.2, 0) is 11.2 Å². The van der Waals surface area contributed by atoms with E-state index in [9.17, 15) is 15.0 Å². The molecule has 0 aliphatic heterocycles. The standard InChI is InChI=1S/C22H20ClN3O2.C18H16ClN3O2.C16H10ClN3O2/c1-21(2,3)10-11-22(27,16-12-24-15-25-13-16)20-9-8-19(14-26-20)28-18-6-4-17(23)5-7-18;1-2-18(23,13-9-20-12-21-10-13)17-8-7-16(11-22-17)24-15-5-3-14(19)4-6-15;17-12-1-3-13(4-2-12)22-14-5-6-15(20-9-14)16(21)11-7-18-10-19-8-11/h4-9,12-15,27H,1-3H3;3-12,23H,2H2,1H3;1-10H. The molecule has 0 bridgehead atoms. The summed E-state index contributed by atoms with van der Waals surface area (Å²) in [6.07, 6.45) is 18.4. The molecule has 2 unspecified atom stereocenters. The lowest BCUT2D eigenvalue weighted by Crippen LogP contribution is -2.27. The van der Waals surface area contributed by atoms with Crippen molar-refractivity contribution >= 4 is 40.6 Å². The number of aliphatic hydroxyl groups is 2. The molecule has 0 radical (unpaired) electrons. The van der Waals surface area contributed by atoms with Crippen LogP contribution in [0.2, 0.25) is 15.1 Å². The predicted octanol–water partition coefficient (Wildman–Crippen LogP) is 12.1. The van der Waals surface area contributed by atoms with Crippen LogP contribution in [0, 0.1) is 17.3 Å². The maximum absolute atomic E-state index is 12.2. The highest BCUT2D eigenvalue weighted by molar-refractivity contribution is 6.31. The number of hydrogen-bond acceptors (Lipinski definition) is 15. The molecule has 2 N–H and O–H groups in total. The summed E-state index contributed by atoms with van der Waals surface area (Å²) in [6.45, 7) is 7.79. The van der Waals surface area contributed by atoms with Crippen molar-refractivity contribution in [2.45, 2.75) is 45.3 Å². The fourth-order valence-electron chi connectivity index (χ4n) is 6.49. The van der Waals surface area contributed by atoms with E-state index in [-0.39, 0.29) is 11.2 Å². The third-order valence-electron chi connectivity index (χ3n) is 10.4. The molecular weight excluding hydrogens is 1000 g/mol. The zero-order valence-electron chi connectivity index (χ0n) is 40.2. The third-order valence-corrected chi connectivity index (χ3v) is 11.1. The Hall–Kier alpha value is -8.23. The summed E-state index contributed by atoms with van der Waals surface area (Å²) in [6, 6.07) is 31.2. The summed E-state index contributed by atoms with van der Waals surface area (Å²) < 4.78 is 17.1. The van der Waals surface area contributed by atoms with Gasteiger partial charge in [-0.15, -0.1) is 0 Å². The highest BCUT2D eigenvalue weighted by atomic mass is 35.5. The number of benzene rings is 3. The van der Waals surface area contributed by atoms with Crippen LogP contribution < -0.4 is 14.2 Å². The number of rotatable bonds is 13. The van der Waals surface area contributed by atoms with Gasteiger partial charge in [0.1, 0.15) is 64.8 Å². The number of pyridine rings is 3. The van der Waals surface area contributed by atoms with E-state index < -0.39 is 11.2 Å². The highest BCUT2D eigenvalue weighted by Crippen LogP contribution is 2.33. The summed E-state index contributed by atoms with van der Waals surface area (Å²) in [5.41, 5.74) is -0.531. The van der Waals surface area contributed by atoms with Gasteiger partial charge in [-0.2, -0.15) is 0 Å². The molecule has 0 fully saturated rings. The van der Waals surface area contributed by atoms with Gasteiger partial charge in [0.15, 0.2) is 5.60 Å². The Labute approximate surface area is 442 Å². The molecule has 6 heterocycles. The van der Waals surface area contributed by atoms with Gasteiger partial charge in [-0.3, -0.25) is 14.8 Å². The molecule has 3 aromatic carbocycles. The number of carbonyl (C=O) groups is 1.